The summed E-state index contributed by atoms with van der Waals surface area (Å²) in [6.07, 6.45) is 0.578. The molecule has 0 radical (unpaired) electrons. The van der Waals surface area contributed by atoms with Crippen molar-refractivity contribution in [3.8, 4) is 0 Å². The number of aliphatic imine (C=N–C) groups is 1. The van der Waals surface area contributed by atoms with Crippen LogP contribution >= 0.6 is 0 Å². The lowest BCUT2D eigenvalue weighted by molar-refractivity contribution is -0.0408. The van der Waals surface area contributed by atoms with Crippen molar-refractivity contribution in [3.05, 3.63) is 77.9 Å². The number of halogens is 1. The van der Waals surface area contributed by atoms with Crippen LogP contribution in [0.3, 0.4) is 0 Å². The van der Waals surface area contributed by atoms with E-state index < -0.39 is 12.2 Å². The number of rotatable bonds is 6. The van der Waals surface area contributed by atoms with E-state index in [-0.39, 0.29) is 5.82 Å². The lowest BCUT2D eigenvalue weighted by Gasteiger charge is -2.32. The molecule has 1 unspecified atom stereocenters. The number of benzene rings is 2. The molecule has 2 aromatic rings. The Hall–Kier alpha value is -2.86. The van der Waals surface area contributed by atoms with Gasteiger partial charge in [-0.2, -0.15) is 0 Å². The molecule has 24 heavy (non-hydrogen) atoms. The van der Waals surface area contributed by atoms with Gasteiger partial charge in [-0.05, 0) is 17.7 Å². The van der Waals surface area contributed by atoms with Gasteiger partial charge in [0.1, 0.15) is 0 Å². The number of hydrogen-bond acceptors (Lipinski definition) is 5. The second-order valence-corrected chi connectivity index (χ2v) is 5.32. The van der Waals surface area contributed by atoms with Crippen LogP contribution in [-0.4, -0.2) is 24.5 Å². The first-order valence-electron chi connectivity index (χ1n) is 7.62. The smallest absolute Gasteiger partial charge is 0.229 e. The zero-order chi connectivity index (χ0) is 16.8. The minimum Gasteiger partial charge on any atom is -0.334 e. The zero-order valence-corrected chi connectivity index (χ0v) is 13.3. The van der Waals surface area contributed by atoms with Gasteiger partial charge in [0.05, 0.1) is 18.5 Å². The number of hydrazine groups is 1. The van der Waals surface area contributed by atoms with Crippen LogP contribution in [0.1, 0.15) is 5.56 Å². The molecule has 2 aromatic carbocycles. The summed E-state index contributed by atoms with van der Waals surface area (Å²) in [5.74, 6) is -0.188. The predicted molar refractivity (Wildman–Crippen MR) is 92.6 cm³/mol. The molecule has 0 amide bonds. The summed E-state index contributed by atoms with van der Waals surface area (Å²) < 4.78 is 19.8. The van der Waals surface area contributed by atoms with Gasteiger partial charge in [0.25, 0.3) is 0 Å². The highest BCUT2D eigenvalue weighted by molar-refractivity contribution is 5.77. The Bertz CT molecular complexity index is 718. The molecule has 124 valence electrons. The number of nitrogens with one attached hydrogen (secondary N) is 2. The minimum absolute atomic E-state index is 0.270. The van der Waals surface area contributed by atoms with Crippen LogP contribution in [0, 0.1) is 0 Å². The lowest BCUT2D eigenvalue weighted by atomic mass is 10.2. The van der Waals surface area contributed by atoms with E-state index in [2.05, 4.69) is 15.8 Å². The molecular weight excluding hydrogens is 307 g/mol. The van der Waals surface area contributed by atoms with Gasteiger partial charge in [0, 0.05) is 7.05 Å². The van der Waals surface area contributed by atoms with Crippen LogP contribution < -0.4 is 10.9 Å². The third kappa shape index (κ3) is 3.91. The third-order valence-electron chi connectivity index (χ3n) is 3.57. The molecule has 1 aliphatic heterocycles. The number of allylic oxidation sites excluding steroid dienone is 1. The summed E-state index contributed by atoms with van der Waals surface area (Å²) in [6, 6.07) is 19.3. The fourth-order valence-corrected chi connectivity index (χ4v) is 2.27. The Morgan fingerprint density at radius 2 is 1.71 bits per heavy atom. The first-order chi connectivity index (χ1) is 11.7. The topological polar surface area (TPSA) is 48.9 Å². The number of ether oxygens (including phenoxy) is 1. The molecule has 0 aromatic heterocycles. The average molecular weight is 326 g/mol. The SMILES string of the molecule is CN1C(NNc2ccccc2)=C(F)C=NC1OCc1ccccc1. The molecule has 0 fully saturated rings. The van der Waals surface area contributed by atoms with Gasteiger partial charge >= 0.3 is 0 Å². The zero-order valence-electron chi connectivity index (χ0n) is 13.3. The Morgan fingerprint density at radius 1 is 1.04 bits per heavy atom. The van der Waals surface area contributed by atoms with Crippen LogP contribution in [0.25, 0.3) is 0 Å². The highest BCUT2D eigenvalue weighted by atomic mass is 19.1. The van der Waals surface area contributed by atoms with Crippen molar-refractivity contribution in [2.75, 3.05) is 12.5 Å². The van der Waals surface area contributed by atoms with Crippen molar-refractivity contribution in [1.82, 2.24) is 10.3 Å². The summed E-state index contributed by atoms with van der Waals surface area (Å²) in [4.78, 5) is 5.70. The van der Waals surface area contributed by atoms with Crippen molar-refractivity contribution in [2.24, 2.45) is 4.99 Å². The molecule has 0 spiro atoms. The van der Waals surface area contributed by atoms with Crippen LogP contribution in [0.5, 0.6) is 0 Å². The maximum Gasteiger partial charge on any atom is 0.229 e. The fourth-order valence-electron chi connectivity index (χ4n) is 2.27. The second kappa shape index (κ2) is 7.61. The Labute approximate surface area is 140 Å². The quantitative estimate of drug-likeness (QED) is 0.800. The first kappa shape index (κ1) is 16.0. The highest BCUT2D eigenvalue weighted by Gasteiger charge is 2.23. The third-order valence-corrected chi connectivity index (χ3v) is 3.57. The second-order valence-electron chi connectivity index (χ2n) is 5.32. The maximum absolute atomic E-state index is 14.1. The largest absolute Gasteiger partial charge is 0.334 e. The standard InChI is InChI=1S/C18H19FN4O/c1-23-17(22-21-15-10-6-3-7-11-15)16(19)12-20-18(23)24-13-14-8-4-2-5-9-14/h2-12,18,21-22H,13H2,1H3. The number of nitrogens with zero attached hydrogens (tertiary/aromatic N) is 2. The summed E-state index contributed by atoms with van der Waals surface area (Å²) in [5, 5.41) is 0. The summed E-state index contributed by atoms with van der Waals surface area (Å²) in [6.45, 7) is 0.397. The van der Waals surface area contributed by atoms with E-state index in [9.17, 15) is 4.39 Å². The van der Waals surface area contributed by atoms with Crippen LogP contribution in [-0.2, 0) is 11.3 Å². The molecule has 1 heterocycles. The van der Waals surface area contributed by atoms with E-state index in [1.54, 1.807) is 11.9 Å². The molecule has 0 bridgehead atoms. The lowest BCUT2D eigenvalue weighted by Crippen LogP contribution is -2.42. The minimum atomic E-state index is -0.593. The molecule has 2 N–H and O–H groups in total. The summed E-state index contributed by atoms with van der Waals surface area (Å²) in [7, 11) is 1.72. The van der Waals surface area contributed by atoms with Gasteiger partial charge in [-0.3, -0.25) is 10.9 Å². The van der Waals surface area contributed by atoms with Crippen molar-refractivity contribution in [1.29, 1.82) is 0 Å². The van der Waals surface area contributed by atoms with E-state index in [1.807, 2.05) is 60.7 Å². The Kier molecular flexibility index (Phi) is 5.08. The molecule has 6 heteroatoms. The van der Waals surface area contributed by atoms with Gasteiger partial charge in [-0.15, -0.1) is 0 Å². The summed E-state index contributed by atoms with van der Waals surface area (Å²) >= 11 is 0. The Balaban J connectivity index is 1.61. The van der Waals surface area contributed by atoms with Gasteiger partial charge < -0.3 is 9.64 Å². The number of para-hydroxylation sites is 1. The molecule has 5 nitrogen and oxygen atoms in total. The molecule has 3 rings (SSSR count). The average Bonchev–Trinajstić information content (AvgIpc) is 2.63. The number of anilines is 1. The molecule has 1 atom stereocenters. The molecular formula is C18H19FN4O. The van der Waals surface area contributed by atoms with Gasteiger partial charge in [-0.25, -0.2) is 9.38 Å². The molecule has 0 saturated carbocycles. The van der Waals surface area contributed by atoms with E-state index in [0.29, 0.717) is 6.61 Å². The fraction of sp³-hybridized carbons (Fsp3) is 0.167. The highest BCUT2D eigenvalue weighted by Crippen LogP contribution is 2.18. The van der Waals surface area contributed by atoms with Crippen LogP contribution in [0.4, 0.5) is 10.1 Å². The van der Waals surface area contributed by atoms with Crippen molar-refractivity contribution in [3.63, 3.8) is 0 Å². The van der Waals surface area contributed by atoms with Crippen LogP contribution in [0.15, 0.2) is 77.3 Å². The van der Waals surface area contributed by atoms with Crippen LogP contribution in [0.2, 0.25) is 0 Å². The van der Waals surface area contributed by atoms with E-state index in [0.717, 1.165) is 11.3 Å². The van der Waals surface area contributed by atoms with E-state index in [4.69, 9.17) is 4.74 Å². The predicted octanol–water partition coefficient (Wildman–Crippen LogP) is 3.26. The number of hydrogen-bond donors (Lipinski definition) is 2. The first-order valence-corrected chi connectivity index (χ1v) is 7.62. The maximum atomic E-state index is 14.1. The summed E-state index contributed by atoms with van der Waals surface area (Å²) in [5.41, 5.74) is 7.70. The van der Waals surface area contributed by atoms with Gasteiger partial charge in [0.15, 0.2) is 11.6 Å². The van der Waals surface area contributed by atoms with Crippen molar-refractivity contribution in [2.45, 2.75) is 13.0 Å². The Morgan fingerprint density at radius 3 is 2.42 bits per heavy atom. The normalized spacial score (nSPS) is 17.1. The van der Waals surface area contributed by atoms with Crippen molar-refractivity contribution < 1.29 is 9.13 Å². The van der Waals surface area contributed by atoms with Gasteiger partial charge in [0.2, 0.25) is 6.35 Å². The van der Waals surface area contributed by atoms with E-state index in [1.165, 1.54) is 6.21 Å². The van der Waals surface area contributed by atoms with Crippen molar-refractivity contribution >= 4 is 11.9 Å². The molecule has 1 aliphatic rings. The monoisotopic (exact) mass is 326 g/mol. The molecule has 0 aliphatic carbocycles. The molecule has 0 saturated heterocycles. The van der Waals surface area contributed by atoms with Gasteiger partial charge in [-0.1, -0.05) is 48.5 Å². The van der Waals surface area contributed by atoms with E-state index >= 15 is 0 Å².